The van der Waals surface area contributed by atoms with Crippen molar-refractivity contribution in [1.82, 2.24) is 9.62 Å². The van der Waals surface area contributed by atoms with Gasteiger partial charge in [0.15, 0.2) is 5.25 Å². The van der Waals surface area contributed by atoms with Gasteiger partial charge in [-0.05, 0) is 6.42 Å². The Morgan fingerprint density at radius 2 is 2.35 bits per heavy atom. The highest BCUT2D eigenvalue weighted by Crippen LogP contribution is 2.16. The van der Waals surface area contributed by atoms with Gasteiger partial charge in [-0.15, -0.1) is 0 Å². The zero-order valence-corrected chi connectivity index (χ0v) is 10.4. The Kier molecular flexibility index (Phi) is 4.45. The monoisotopic (exact) mass is 260 g/mol. The first-order valence-corrected chi connectivity index (χ1v) is 6.85. The van der Waals surface area contributed by atoms with Crippen molar-refractivity contribution < 1.29 is 13.2 Å². The number of carbonyl (C=O) groups is 1. The fraction of sp³-hybridized carbons (Fsp3) is 0.778. The third-order valence-corrected chi connectivity index (χ3v) is 4.97. The lowest BCUT2D eigenvalue weighted by Gasteiger charge is -2.34. The Labute approximate surface area is 101 Å². The fourth-order valence-electron chi connectivity index (χ4n) is 1.76. The highest BCUT2D eigenvalue weighted by Gasteiger charge is 2.39. The second kappa shape index (κ2) is 5.44. The molecule has 1 amide bonds. The number of nitriles is 1. The lowest BCUT2D eigenvalue weighted by atomic mass is 10.2. The van der Waals surface area contributed by atoms with E-state index in [0.717, 1.165) is 4.31 Å². The molecule has 1 aliphatic rings. The van der Waals surface area contributed by atoms with Crippen molar-refractivity contribution in [2.75, 3.05) is 19.6 Å². The molecular formula is C9H16N4O3S. The van der Waals surface area contributed by atoms with Gasteiger partial charge in [0, 0.05) is 19.6 Å². The van der Waals surface area contributed by atoms with Crippen molar-refractivity contribution in [2.24, 2.45) is 5.73 Å². The maximum absolute atomic E-state index is 12.1. The minimum atomic E-state index is -3.79. The Morgan fingerprint density at radius 1 is 1.71 bits per heavy atom. The Hall–Kier alpha value is -1.17. The molecule has 0 aromatic carbocycles. The molecule has 1 saturated heterocycles. The van der Waals surface area contributed by atoms with Gasteiger partial charge in [-0.25, -0.2) is 8.42 Å². The van der Waals surface area contributed by atoms with Crippen molar-refractivity contribution in [3.05, 3.63) is 0 Å². The number of amides is 1. The van der Waals surface area contributed by atoms with E-state index in [4.69, 9.17) is 11.0 Å². The van der Waals surface area contributed by atoms with Gasteiger partial charge in [-0.1, -0.05) is 6.92 Å². The lowest BCUT2D eigenvalue weighted by Crippen LogP contribution is -2.60. The Balaban J connectivity index is 3.03. The van der Waals surface area contributed by atoms with Gasteiger partial charge < -0.3 is 11.1 Å². The van der Waals surface area contributed by atoms with Gasteiger partial charge >= 0.3 is 0 Å². The molecule has 7 nitrogen and oxygen atoms in total. The second-order valence-corrected chi connectivity index (χ2v) is 5.87. The van der Waals surface area contributed by atoms with E-state index >= 15 is 0 Å². The van der Waals surface area contributed by atoms with E-state index in [0.29, 0.717) is 6.54 Å². The molecule has 0 spiro atoms. The number of primary amides is 1. The third-order valence-electron chi connectivity index (χ3n) is 2.72. The van der Waals surface area contributed by atoms with E-state index in [1.807, 2.05) is 0 Å². The highest BCUT2D eigenvalue weighted by molar-refractivity contribution is 7.90. The number of nitrogens with two attached hydrogens (primary N) is 1. The minimum absolute atomic E-state index is 0.161. The molecule has 17 heavy (non-hydrogen) atoms. The van der Waals surface area contributed by atoms with Crippen LogP contribution < -0.4 is 11.1 Å². The van der Waals surface area contributed by atoms with E-state index in [1.165, 1.54) is 0 Å². The van der Waals surface area contributed by atoms with Gasteiger partial charge in [0.05, 0.1) is 6.07 Å². The van der Waals surface area contributed by atoms with Gasteiger partial charge in [0.1, 0.15) is 6.04 Å². The van der Waals surface area contributed by atoms with Crippen LogP contribution in [0.25, 0.3) is 0 Å². The van der Waals surface area contributed by atoms with Crippen LogP contribution in [0.3, 0.4) is 0 Å². The molecule has 3 N–H and O–H groups in total. The molecule has 96 valence electrons. The highest BCUT2D eigenvalue weighted by atomic mass is 32.2. The molecule has 2 unspecified atom stereocenters. The summed E-state index contributed by atoms with van der Waals surface area (Å²) in [4.78, 5) is 11.2. The van der Waals surface area contributed by atoms with Crippen LogP contribution in [0.5, 0.6) is 0 Å². The molecular weight excluding hydrogens is 244 g/mol. The summed E-state index contributed by atoms with van der Waals surface area (Å²) in [6, 6.07) is 0.840. The van der Waals surface area contributed by atoms with E-state index < -0.39 is 27.2 Å². The van der Waals surface area contributed by atoms with E-state index in [9.17, 15) is 13.2 Å². The van der Waals surface area contributed by atoms with E-state index in [1.54, 1.807) is 13.0 Å². The molecule has 2 atom stereocenters. The number of rotatable bonds is 4. The molecule has 0 radical (unpaired) electrons. The maximum Gasteiger partial charge on any atom is 0.237 e. The number of nitrogens with zero attached hydrogens (tertiary/aromatic N) is 2. The van der Waals surface area contributed by atoms with Gasteiger partial charge in [-0.2, -0.15) is 9.57 Å². The molecule has 0 aliphatic carbocycles. The summed E-state index contributed by atoms with van der Waals surface area (Å²) in [5, 5.41) is 10.6. The second-order valence-electron chi connectivity index (χ2n) is 3.80. The number of sulfonamides is 1. The van der Waals surface area contributed by atoms with Crippen LogP contribution in [0.15, 0.2) is 0 Å². The van der Waals surface area contributed by atoms with Gasteiger partial charge in [0.2, 0.25) is 15.9 Å². The molecule has 1 heterocycles. The zero-order chi connectivity index (χ0) is 13.1. The Bertz CT molecular complexity index is 428. The topological polar surface area (TPSA) is 116 Å². The molecule has 0 aromatic rings. The zero-order valence-electron chi connectivity index (χ0n) is 9.59. The van der Waals surface area contributed by atoms with Crippen molar-refractivity contribution in [3.63, 3.8) is 0 Å². The van der Waals surface area contributed by atoms with E-state index in [2.05, 4.69) is 5.32 Å². The first-order chi connectivity index (χ1) is 7.95. The lowest BCUT2D eigenvalue weighted by molar-refractivity contribution is -0.122. The van der Waals surface area contributed by atoms with Gasteiger partial charge in [0.25, 0.3) is 0 Å². The summed E-state index contributed by atoms with van der Waals surface area (Å²) in [5.41, 5.74) is 5.17. The number of hydrogen-bond acceptors (Lipinski definition) is 5. The molecule has 1 fully saturated rings. The standard InChI is InChI=1S/C9H16N4O3S/c1-2-7(5-10)17(15,16)13-4-3-12-6-8(13)9(11)14/h7-8,12H,2-4,6H2,1H3,(H2,11,14). The summed E-state index contributed by atoms with van der Waals surface area (Å²) in [6.07, 6.45) is 0.189. The SMILES string of the molecule is CCC(C#N)S(=O)(=O)N1CCNCC1C(N)=O. The summed E-state index contributed by atoms with van der Waals surface area (Å²) in [7, 11) is -3.79. The van der Waals surface area contributed by atoms with Crippen LogP contribution in [0.2, 0.25) is 0 Å². The van der Waals surface area contributed by atoms with E-state index in [-0.39, 0.29) is 19.5 Å². The first-order valence-electron chi connectivity index (χ1n) is 5.35. The number of hydrogen-bond donors (Lipinski definition) is 2. The molecule has 1 aliphatic heterocycles. The molecule has 0 aromatic heterocycles. The number of piperazine rings is 1. The predicted octanol–water partition coefficient (Wildman–Crippen LogP) is -1.62. The van der Waals surface area contributed by atoms with Crippen molar-refractivity contribution in [1.29, 1.82) is 5.26 Å². The summed E-state index contributed by atoms with van der Waals surface area (Å²) >= 11 is 0. The first kappa shape index (κ1) is 13.9. The van der Waals surface area contributed by atoms with Crippen LogP contribution in [-0.2, 0) is 14.8 Å². The van der Waals surface area contributed by atoms with Crippen LogP contribution in [0.4, 0.5) is 0 Å². The molecule has 1 rings (SSSR count). The normalized spacial score (nSPS) is 23.9. The Morgan fingerprint density at radius 3 is 2.82 bits per heavy atom. The van der Waals surface area contributed by atoms with Crippen LogP contribution in [-0.4, -0.2) is 49.6 Å². The molecule has 8 heteroatoms. The molecule has 0 saturated carbocycles. The van der Waals surface area contributed by atoms with Crippen LogP contribution in [0.1, 0.15) is 13.3 Å². The number of carbonyl (C=O) groups excluding carboxylic acids is 1. The smallest absolute Gasteiger partial charge is 0.237 e. The van der Waals surface area contributed by atoms with Crippen LogP contribution >= 0.6 is 0 Å². The largest absolute Gasteiger partial charge is 0.368 e. The average Bonchev–Trinajstić information content (AvgIpc) is 2.30. The predicted molar refractivity (Wildman–Crippen MR) is 61.2 cm³/mol. The quantitative estimate of drug-likeness (QED) is 0.630. The van der Waals surface area contributed by atoms with Crippen LogP contribution in [0, 0.1) is 11.3 Å². The number of nitrogens with one attached hydrogen (secondary N) is 1. The fourth-order valence-corrected chi connectivity index (χ4v) is 3.52. The summed E-state index contributed by atoms with van der Waals surface area (Å²) in [5.74, 6) is -0.700. The van der Waals surface area contributed by atoms with Crippen molar-refractivity contribution >= 4 is 15.9 Å². The molecule has 0 bridgehead atoms. The third kappa shape index (κ3) is 2.74. The van der Waals surface area contributed by atoms with Gasteiger partial charge in [-0.3, -0.25) is 4.79 Å². The maximum atomic E-state index is 12.1. The van der Waals surface area contributed by atoms with Crippen molar-refractivity contribution in [2.45, 2.75) is 24.6 Å². The summed E-state index contributed by atoms with van der Waals surface area (Å²) < 4.78 is 25.3. The summed E-state index contributed by atoms with van der Waals surface area (Å²) in [6.45, 7) is 2.42. The van der Waals surface area contributed by atoms with Crippen molar-refractivity contribution in [3.8, 4) is 6.07 Å². The minimum Gasteiger partial charge on any atom is -0.368 e. The average molecular weight is 260 g/mol.